The molecule has 2 aromatic carbocycles. The fourth-order valence-corrected chi connectivity index (χ4v) is 2.79. The quantitative estimate of drug-likeness (QED) is 0.655. The van der Waals surface area contributed by atoms with E-state index in [1.165, 1.54) is 10.7 Å². The third-order valence-electron chi connectivity index (χ3n) is 4.20. The molecule has 0 spiro atoms. The minimum Gasteiger partial charge on any atom is -0.494 e. The van der Waals surface area contributed by atoms with Gasteiger partial charge < -0.3 is 10.1 Å². The molecule has 0 unspecified atom stereocenters. The maximum absolute atomic E-state index is 12.2. The number of nitrogens with zero attached hydrogens (tertiary/aromatic N) is 2. The van der Waals surface area contributed by atoms with Gasteiger partial charge in [0.15, 0.2) is 0 Å². The van der Waals surface area contributed by atoms with Crippen LogP contribution in [0.4, 0.5) is 0 Å². The summed E-state index contributed by atoms with van der Waals surface area (Å²) in [7, 11) is 0. The Morgan fingerprint density at radius 3 is 2.50 bits per heavy atom. The summed E-state index contributed by atoms with van der Waals surface area (Å²) in [5, 5.41) is 7.16. The van der Waals surface area contributed by atoms with Crippen molar-refractivity contribution in [1.82, 2.24) is 15.1 Å². The summed E-state index contributed by atoms with van der Waals surface area (Å²) in [4.78, 5) is 24.3. The van der Waals surface area contributed by atoms with E-state index in [-0.39, 0.29) is 18.0 Å². The van der Waals surface area contributed by atoms with E-state index in [1.54, 1.807) is 6.07 Å². The van der Waals surface area contributed by atoms with E-state index in [0.717, 1.165) is 23.3 Å². The van der Waals surface area contributed by atoms with Crippen molar-refractivity contribution in [1.29, 1.82) is 0 Å². The first-order chi connectivity index (χ1) is 13.7. The smallest absolute Gasteiger partial charge is 0.267 e. The van der Waals surface area contributed by atoms with Crippen LogP contribution in [-0.2, 0) is 17.8 Å². The molecule has 1 amide bonds. The van der Waals surface area contributed by atoms with Gasteiger partial charge in [-0.05, 0) is 49.2 Å². The van der Waals surface area contributed by atoms with E-state index in [2.05, 4.69) is 10.4 Å². The van der Waals surface area contributed by atoms with Crippen LogP contribution >= 0.6 is 0 Å². The average Bonchev–Trinajstić information content (AvgIpc) is 2.71. The lowest BCUT2D eigenvalue weighted by molar-refractivity contribution is -0.121. The van der Waals surface area contributed by atoms with Crippen molar-refractivity contribution in [3.8, 4) is 17.0 Å². The first-order valence-corrected chi connectivity index (χ1v) is 9.27. The van der Waals surface area contributed by atoms with Crippen LogP contribution in [-0.4, -0.2) is 28.8 Å². The Hall–Kier alpha value is -3.41. The topological polar surface area (TPSA) is 73.2 Å². The zero-order valence-corrected chi connectivity index (χ0v) is 15.8. The molecule has 0 atom stereocenters. The molecule has 0 radical (unpaired) electrons. The lowest BCUT2D eigenvalue weighted by Gasteiger charge is -2.09. The van der Waals surface area contributed by atoms with Crippen molar-refractivity contribution in [3.63, 3.8) is 0 Å². The molecule has 6 heteroatoms. The van der Waals surface area contributed by atoms with Crippen LogP contribution in [0.5, 0.6) is 5.75 Å². The fraction of sp³-hybridized carbons (Fsp3) is 0.227. The third kappa shape index (κ3) is 5.30. The van der Waals surface area contributed by atoms with Gasteiger partial charge in [0, 0.05) is 18.2 Å². The predicted molar refractivity (Wildman–Crippen MR) is 108 cm³/mol. The van der Waals surface area contributed by atoms with Crippen LogP contribution in [0.2, 0.25) is 0 Å². The number of aromatic nitrogens is 2. The van der Waals surface area contributed by atoms with Crippen molar-refractivity contribution < 1.29 is 9.53 Å². The number of hydrogen-bond donors (Lipinski definition) is 1. The number of rotatable bonds is 8. The van der Waals surface area contributed by atoms with E-state index in [9.17, 15) is 9.59 Å². The fourth-order valence-electron chi connectivity index (χ4n) is 2.79. The van der Waals surface area contributed by atoms with Gasteiger partial charge in [0.1, 0.15) is 12.3 Å². The SMILES string of the molecule is CCOc1ccc(-c2ccc(=O)n(CC(=O)NCCc3ccccc3)n2)cc1. The van der Waals surface area contributed by atoms with Crippen LogP contribution in [0.1, 0.15) is 12.5 Å². The highest BCUT2D eigenvalue weighted by Crippen LogP contribution is 2.19. The molecule has 0 saturated carbocycles. The molecule has 28 heavy (non-hydrogen) atoms. The highest BCUT2D eigenvalue weighted by Gasteiger charge is 2.08. The molecule has 0 saturated heterocycles. The first-order valence-electron chi connectivity index (χ1n) is 9.27. The van der Waals surface area contributed by atoms with Gasteiger partial charge in [-0.25, -0.2) is 4.68 Å². The highest BCUT2D eigenvalue weighted by molar-refractivity contribution is 5.75. The van der Waals surface area contributed by atoms with Crippen molar-refractivity contribution in [2.75, 3.05) is 13.2 Å². The first kappa shape index (κ1) is 19.4. The summed E-state index contributed by atoms with van der Waals surface area (Å²) in [5.41, 5.74) is 2.31. The van der Waals surface area contributed by atoms with Crippen LogP contribution in [0.15, 0.2) is 71.5 Å². The molecule has 144 valence electrons. The summed E-state index contributed by atoms with van der Waals surface area (Å²) in [5.74, 6) is 0.534. The Morgan fingerprint density at radius 1 is 1.04 bits per heavy atom. The second-order valence-electron chi connectivity index (χ2n) is 6.26. The number of ether oxygens (including phenoxy) is 1. The molecular weight excluding hydrogens is 354 g/mol. The standard InChI is InChI=1S/C22H23N3O3/c1-2-28-19-10-8-18(9-11-19)20-12-13-22(27)25(24-20)16-21(26)23-15-14-17-6-4-3-5-7-17/h3-13H,2,14-16H2,1H3,(H,23,26). The van der Waals surface area contributed by atoms with Gasteiger partial charge in [-0.1, -0.05) is 30.3 Å². The second kappa shape index (κ2) is 9.50. The minimum absolute atomic E-state index is 0.113. The van der Waals surface area contributed by atoms with Crippen molar-refractivity contribution in [2.45, 2.75) is 19.9 Å². The molecule has 6 nitrogen and oxygen atoms in total. The second-order valence-corrected chi connectivity index (χ2v) is 6.26. The molecule has 0 aliphatic rings. The summed E-state index contributed by atoms with van der Waals surface area (Å²) >= 11 is 0. The number of carbonyl (C=O) groups excluding carboxylic acids is 1. The third-order valence-corrected chi connectivity index (χ3v) is 4.20. The van der Waals surface area contributed by atoms with Gasteiger partial charge in [-0.15, -0.1) is 0 Å². The summed E-state index contributed by atoms with van der Waals surface area (Å²) in [6.45, 7) is 2.92. The zero-order chi connectivity index (χ0) is 19.8. The molecule has 1 aromatic heterocycles. The predicted octanol–water partition coefficient (Wildman–Crippen LogP) is 2.67. The Balaban J connectivity index is 1.62. The maximum atomic E-state index is 12.2. The van der Waals surface area contributed by atoms with Gasteiger partial charge in [0.2, 0.25) is 5.91 Å². The van der Waals surface area contributed by atoms with E-state index in [0.29, 0.717) is 18.8 Å². The monoisotopic (exact) mass is 377 g/mol. The molecule has 1 heterocycles. The molecule has 0 fully saturated rings. The number of benzene rings is 2. The van der Waals surface area contributed by atoms with E-state index >= 15 is 0 Å². The number of nitrogens with one attached hydrogen (secondary N) is 1. The Morgan fingerprint density at radius 2 is 1.79 bits per heavy atom. The number of hydrogen-bond acceptors (Lipinski definition) is 4. The number of amides is 1. The summed E-state index contributed by atoms with van der Waals surface area (Å²) in [6.07, 6.45) is 0.737. The molecule has 3 rings (SSSR count). The van der Waals surface area contributed by atoms with E-state index < -0.39 is 0 Å². The lowest BCUT2D eigenvalue weighted by atomic mass is 10.1. The largest absolute Gasteiger partial charge is 0.494 e. The molecule has 3 aromatic rings. The Bertz CT molecular complexity index is 966. The van der Waals surface area contributed by atoms with Gasteiger partial charge in [0.05, 0.1) is 12.3 Å². The maximum Gasteiger partial charge on any atom is 0.267 e. The van der Waals surface area contributed by atoms with E-state index in [4.69, 9.17) is 4.74 Å². The highest BCUT2D eigenvalue weighted by atomic mass is 16.5. The van der Waals surface area contributed by atoms with Crippen LogP contribution in [0, 0.1) is 0 Å². The summed E-state index contributed by atoms with van der Waals surface area (Å²) < 4.78 is 6.62. The molecular formula is C22H23N3O3. The summed E-state index contributed by atoms with van der Waals surface area (Å²) in [6, 6.07) is 20.5. The Labute approximate surface area is 163 Å². The molecule has 1 N–H and O–H groups in total. The normalized spacial score (nSPS) is 10.5. The number of carbonyl (C=O) groups is 1. The van der Waals surface area contributed by atoms with Gasteiger partial charge >= 0.3 is 0 Å². The van der Waals surface area contributed by atoms with Crippen molar-refractivity contribution in [3.05, 3.63) is 82.6 Å². The van der Waals surface area contributed by atoms with Gasteiger partial charge in [-0.2, -0.15) is 5.10 Å². The van der Waals surface area contributed by atoms with Gasteiger partial charge in [-0.3, -0.25) is 9.59 Å². The molecule has 0 aliphatic carbocycles. The van der Waals surface area contributed by atoms with E-state index in [1.807, 2.05) is 61.5 Å². The van der Waals surface area contributed by atoms with Crippen LogP contribution < -0.4 is 15.6 Å². The minimum atomic E-state index is -0.312. The van der Waals surface area contributed by atoms with Crippen molar-refractivity contribution in [2.24, 2.45) is 0 Å². The Kier molecular flexibility index (Phi) is 6.57. The molecule has 0 bridgehead atoms. The van der Waals surface area contributed by atoms with Crippen molar-refractivity contribution >= 4 is 5.91 Å². The molecule has 0 aliphatic heterocycles. The van der Waals surface area contributed by atoms with Crippen LogP contribution in [0.3, 0.4) is 0 Å². The average molecular weight is 377 g/mol. The van der Waals surface area contributed by atoms with Crippen LogP contribution in [0.25, 0.3) is 11.3 Å². The zero-order valence-electron chi connectivity index (χ0n) is 15.8. The lowest BCUT2D eigenvalue weighted by Crippen LogP contribution is -2.34. The van der Waals surface area contributed by atoms with Gasteiger partial charge in [0.25, 0.3) is 5.56 Å².